The lowest BCUT2D eigenvalue weighted by atomic mass is 10.2. The summed E-state index contributed by atoms with van der Waals surface area (Å²) >= 11 is 0. The van der Waals surface area contributed by atoms with Crippen LogP contribution in [0.2, 0.25) is 0 Å². The molecule has 160 valence electrons. The van der Waals surface area contributed by atoms with Crippen molar-refractivity contribution >= 4 is 27.3 Å². The Kier molecular flexibility index (Phi) is 5.69. The van der Waals surface area contributed by atoms with Crippen LogP contribution in [0.15, 0.2) is 78.9 Å². The first kappa shape index (κ1) is 20.9. The van der Waals surface area contributed by atoms with Gasteiger partial charge < -0.3 is 9.64 Å². The molecule has 7 heteroatoms. The van der Waals surface area contributed by atoms with Crippen LogP contribution in [-0.2, 0) is 21.2 Å². The highest BCUT2D eigenvalue weighted by molar-refractivity contribution is 7.92. The fourth-order valence-corrected chi connectivity index (χ4v) is 5.05. The van der Waals surface area contributed by atoms with E-state index in [0.717, 1.165) is 23.9 Å². The lowest BCUT2D eigenvalue weighted by molar-refractivity contribution is -0.119. The number of hydrogen-bond acceptors (Lipinski definition) is 4. The van der Waals surface area contributed by atoms with E-state index in [4.69, 9.17) is 4.74 Å². The first-order valence-corrected chi connectivity index (χ1v) is 11.9. The van der Waals surface area contributed by atoms with Gasteiger partial charge in [0.2, 0.25) is 10.0 Å². The van der Waals surface area contributed by atoms with E-state index < -0.39 is 16.1 Å². The lowest BCUT2D eigenvalue weighted by Crippen LogP contribution is -2.49. The summed E-state index contributed by atoms with van der Waals surface area (Å²) in [5, 5.41) is 0. The molecule has 31 heavy (non-hydrogen) atoms. The van der Waals surface area contributed by atoms with Gasteiger partial charge in [-0.1, -0.05) is 36.4 Å². The molecule has 1 unspecified atom stereocenters. The zero-order valence-corrected chi connectivity index (χ0v) is 18.2. The molecule has 1 aliphatic rings. The van der Waals surface area contributed by atoms with Crippen molar-refractivity contribution in [2.24, 2.45) is 0 Å². The molecule has 0 aromatic heterocycles. The fraction of sp³-hybridized carbons (Fsp3) is 0.208. The number of benzene rings is 3. The second kappa shape index (κ2) is 8.43. The van der Waals surface area contributed by atoms with E-state index in [1.165, 1.54) is 4.31 Å². The molecule has 4 rings (SSSR count). The Labute approximate surface area is 182 Å². The number of nitrogens with zero attached hydrogens (tertiary/aromatic N) is 2. The lowest BCUT2D eigenvalue weighted by Gasteiger charge is -2.31. The second-order valence-corrected chi connectivity index (χ2v) is 9.37. The van der Waals surface area contributed by atoms with Crippen LogP contribution >= 0.6 is 0 Å². The number of amides is 1. The molecule has 0 radical (unpaired) electrons. The van der Waals surface area contributed by atoms with E-state index in [1.54, 1.807) is 36.1 Å². The minimum atomic E-state index is -3.70. The van der Waals surface area contributed by atoms with Gasteiger partial charge in [0.25, 0.3) is 5.91 Å². The molecule has 6 nitrogen and oxygen atoms in total. The van der Waals surface area contributed by atoms with Gasteiger partial charge >= 0.3 is 0 Å². The standard InChI is InChI=1S/C24H24N2O4S/c1-18(24(27)25-17-16-19-8-6-7-11-23(19)25)26(31(2,28)29)20-12-14-22(15-13-20)30-21-9-4-3-5-10-21/h3-15,18H,16-17H2,1-2H3. The van der Waals surface area contributed by atoms with Gasteiger partial charge in [0.1, 0.15) is 17.5 Å². The summed E-state index contributed by atoms with van der Waals surface area (Å²) in [6, 6.07) is 22.9. The van der Waals surface area contributed by atoms with E-state index in [2.05, 4.69) is 0 Å². The first-order valence-electron chi connectivity index (χ1n) is 10.1. The van der Waals surface area contributed by atoms with Crippen molar-refractivity contribution in [3.05, 3.63) is 84.4 Å². The van der Waals surface area contributed by atoms with Crippen molar-refractivity contribution in [3.63, 3.8) is 0 Å². The highest BCUT2D eigenvalue weighted by Crippen LogP contribution is 2.31. The van der Waals surface area contributed by atoms with Crippen LogP contribution in [0.5, 0.6) is 11.5 Å². The molecule has 0 spiro atoms. The minimum Gasteiger partial charge on any atom is -0.457 e. The van der Waals surface area contributed by atoms with Crippen LogP contribution in [0.25, 0.3) is 0 Å². The number of fused-ring (bicyclic) bond motifs is 1. The molecule has 0 saturated carbocycles. The summed E-state index contributed by atoms with van der Waals surface area (Å²) in [7, 11) is -3.70. The third kappa shape index (κ3) is 4.41. The first-order chi connectivity index (χ1) is 14.8. The smallest absolute Gasteiger partial charge is 0.250 e. The van der Waals surface area contributed by atoms with Gasteiger partial charge in [-0.25, -0.2) is 8.42 Å². The number of hydrogen-bond donors (Lipinski definition) is 0. The van der Waals surface area contributed by atoms with Crippen LogP contribution in [0.1, 0.15) is 12.5 Å². The van der Waals surface area contributed by atoms with Crippen molar-refractivity contribution < 1.29 is 17.9 Å². The molecule has 0 N–H and O–H groups in total. The monoisotopic (exact) mass is 436 g/mol. The molecule has 0 aliphatic carbocycles. The van der Waals surface area contributed by atoms with Gasteiger partial charge in [0.05, 0.1) is 11.9 Å². The number of sulfonamides is 1. The zero-order chi connectivity index (χ0) is 22.0. The SMILES string of the molecule is CC(C(=O)N1CCc2ccccc21)N(c1ccc(Oc2ccccc2)cc1)S(C)(=O)=O. The topological polar surface area (TPSA) is 66.9 Å². The third-order valence-electron chi connectivity index (χ3n) is 5.29. The van der Waals surface area contributed by atoms with Crippen molar-refractivity contribution in [1.29, 1.82) is 0 Å². The van der Waals surface area contributed by atoms with Gasteiger partial charge in [-0.2, -0.15) is 0 Å². The van der Waals surface area contributed by atoms with E-state index in [9.17, 15) is 13.2 Å². The third-order valence-corrected chi connectivity index (χ3v) is 6.53. The van der Waals surface area contributed by atoms with Gasteiger partial charge in [0.15, 0.2) is 0 Å². The predicted molar refractivity (Wildman–Crippen MR) is 122 cm³/mol. The summed E-state index contributed by atoms with van der Waals surface area (Å²) in [5.41, 5.74) is 2.35. The largest absolute Gasteiger partial charge is 0.457 e. The van der Waals surface area contributed by atoms with E-state index in [0.29, 0.717) is 23.7 Å². The number of carbonyl (C=O) groups is 1. The normalized spacial score (nSPS) is 14.1. The van der Waals surface area contributed by atoms with Gasteiger partial charge in [0, 0.05) is 12.2 Å². The molecule has 0 bridgehead atoms. The molecule has 3 aromatic rings. The summed E-state index contributed by atoms with van der Waals surface area (Å²) < 4.78 is 32.2. The summed E-state index contributed by atoms with van der Waals surface area (Å²) in [6.07, 6.45) is 1.88. The summed E-state index contributed by atoms with van der Waals surface area (Å²) in [6.45, 7) is 2.17. The Hall–Kier alpha value is -3.32. The van der Waals surface area contributed by atoms with Crippen LogP contribution in [0, 0.1) is 0 Å². The van der Waals surface area contributed by atoms with Crippen LogP contribution < -0.4 is 13.9 Å². The number of anilines is 2. The van der Waals surface area contributed by atoms with Crippen molar-refractivity contribution in [1.82, 2.24) is 0 Å². The molecule has 0 fully saturated rings. The van der Waals surface area contributed by atoms with E-state index >= 15 is 0 Å². The molecule has 3 aromatic carbocycles. The average molecular weight is 437 g/mol. The molecular formula is C24H24N2O4S. The number of rotatable bonds is 6. The van der Waals surface area contributed by atoms with Crippen molar-refractivity contribution in [3.8, 4) is 11.5 Å². The maximum Gasteiger partial charge on any atom is 0.250 e. The number of ether oxygens (including phenoxy) is 1. The highest BCUT2D eigenvalue weighted by atomic mass is 32.2. The van der Waals surface area contributed by atoms with Gasteiger partial charge in [-0.15, -0.1) is 0 Å². The zero-order valence-electron chi connectivity index (χ0n) is 17.4. The van der Waals surface area contributed by atoms with Crippen LogP contribution in [0.4, 0.5) is 11.4 Å². The van der Waals surface area contributed by atoms with Gasteiger partial charge in [-0.05, 0) is 61.4 Å². The Morgan fingerprint density at radius 2 is 1.55 bits per heavy atom. The fourth-order valence-electron chi connectivity index (χ4n) is 3.88. The van der Waals surface area contributed by atoms with Crippen LogP contribution in [0.3, 0.4) is 0 Å². The minimum absolute atomic E-state index is 0.250. The molecule has 1 atom stereocenters. The maximum atomic E-state index is 13.3. The number of para-hydroxylation sites is 2. The predicted octanol–water partition coefficient (Wildman–Crippen LogP) is 4.22. The Balaban J connectivity index is 1.58. The average Bonchev–Trinajstić information content (AvgIpc) is 3.18. The van der Waals surface area contributed by atoms with Crippen LogP contribution in [-0.4, -0.2) is 33.2 Å². The maximum absolute atomic E-state index is 13.3. The van der Waals surface area contributed by atoms with E-state index in [1.807, 2.05) is 54.6 Å². The Bertz CT molecular complexity index is 1180. The molecular weight excluding hydrogens is 412 g/mol. The highest BCUT2D eigenvalue weighted by Gasteiger charge is 2.34. The number of carbonyl (C=O) groups excluding carboxylic acids is 1. The molecule has 1 aliphatic heterocycles. The molecule has 0 saturated heterocycles. The molecule has 1 amide bonds. The second-order valence-electron chi connectivity index (χ2n) is 7.51. The summed E-state index contributed by atoms with van der Waals surface area (Å²) in [4.78, 5) is 14.9. The molecule has 1 heterocycles. The van der Waals surface area contributed by atoms with Gasteiger partial charge in [-0.3, -0.25) is 9.10 Å². The quantitative estimate of drug-likeness (QED) is 0.580. The Morgan fingerprint density at radius 3 is 2.23 bits per heavy atom. The summed E-state index contributed by atoms with van der Waals surface area (Å²) in [5.74, 6) is 1.02. The Morgan fingerprint density at radius 1 is 0.935 bits per heavy atom. The van der Waals surface area contributed by atoms with E-state index in [-0.39, 0.29) is 5.91 Å². The van der Waals surface area contributed by atoms with Crippen molar-refractivity contribution in [2.45, 2.75) is 19.4 Å². The van der Waals surface area contributed by atoms with Crippen molar-refractivity contribution in [2.75, 3.05) is 22.0 Å².